The Morgan fingerprint density at radius 3 is 1.31 bits per heavy atom. The van der Waals surface area contributed by atoms with Crippen LogP contribution in [0.1, 0.15) is 103 Å². The van der Waals surface area contributed by atoms with Gasteiger partial charge < -0.3 is 4.90 Å². The minimum atomic E-state index is -0.287. The summed E-state index contributed by atoms with van der Waals surface area (Å²) in [5.41, 5.74) is 17.4. The molecule has 1 aliphatic carbocycles. The maximum Gasteiger partial charge on any atom is 0.0618 e. The van der Waals surface area contributed by atoms with Crippen molar-refractivity contribution in [1.29, 1.82) is 0 Å². The largest absolute Gasteiger partial charge is 0.309 e. The van der Waals surface area contributed by atoms with Gasteiger partial charge in [-0.2, -0.15) is 0 Å². The first-order valence-corrected chi connectivity index (χ1v) is 29.9. The van der Waals surface area contributed by atoms with Gasteiger partial charge in [-0.1, -0.05) is 246 Å². The lowest BCUT2D eigenvalue weighted by molar-refractivity contribution is 0.523. The summed E-state index contributed by atoms with van der Waals surface area (Å²) < 4.78 is 0. The van der Waals surface area contributed by atoms with E-state index in [1.54, 1.807) is 0 Å². The molecule has 1 nitrogen and oxygen atoms in total. The number of fused-ring (bicyclic) bond motifs is 12. The maximum absolute atomic E-state index is 4.17. The SMILES string of the molecule is C/C=C\c1cc(C)ccc1C.C=C.C=Cc1ccc(N(c2ccc3ccccc3c2)c2c3ccccc3c(C)c3cc4c(cc23)C(C)(C)c2cc3c5ccccc5c5ccccc5c3cc2C4(C)C)cc1/C=C\C.Cc1ccc2ccccc2c1. The van der Waals surface area contributed by atoms with Crippen LogP contribution in [0.2, 0.25) is 0 Å². The van der Waals surface area contributed by atoms with Gasteiger partial charge in [0.25, 0.3) is 0 Å². The molecule has 85 heavy (non-hydrogen) atoms. The Morgan fingerprint density at radius 2 is 0.753 bits per heavy atom. The van der Waals surface area contributed by atoms with E-state index in [9.17, 15) is 0 Å². The molecule has 0 saturated carbocycles. The fourth-order valence-electron chi connectivity index (χ4n) is 13.3. The summed E-state index contributed by atoms with van der Waals surface area (Å²) in [6.07, 6.45) is 10.5. The average Bonchev–Trinajstić information content (AvgIpc) is 0.773. The highest BCUT2D eigenvalue weighted by Gasteiger charge is 2.43. The standard InChI is InChI=1S/C60H49N.C11H10.C11H14.C2H4/c1-8-18-40-31-42(29-27-38(40)9-2)61(43-30-28-39-19-10-11-20-41(39)32-43)58-49-26-17-12-21-44(49)37(3)50-33-54-57(36-53(50)58)60(6,7)56-35-52-48-25-16-14-23-46(48)45-22-13-15-24-47(45)51(52)34-55(56)59(54,4)5;1-9-6-7-10-4-2-3-5-11(10)8-9;1-4-5-11-8-9(2)6-7-10(11)3;1-2/h8-36H,2H2,1,3-7H3;2-8H,1H3;4-8H,1-3H3;1-2H2/b18-8-;;5-4-;. The van der Waals surface area contributed by atoms with Crippen molar-refractivity contribution in [2.24, 2.45) is 0 Å². The molecule has 0 spiro atoms. The third-order valence-electron chi connectivity index (χ3n) is 17.8. The Bertz CT molecular complexity index is 4790. The molecular weight excluding hydrogens is 1020 g/mol. The highest BCUT2D eigenvalue weighted by molar-refractivity contribution is 6.26. The van der Waals surface area contributed by atoms with Crippen molar-refractivity contribution in [3.63, 3.8) is 0 Å². The number of rotatable bonds is 6. The smallest absolute Gasteiger partial charge is 0.0618 e. The molecule has 0 N–H and O–H groups in total. The number of hydrogen-bond donors (Lipinski definition) is 0. The number of benzene rings is 13. The van der Waals surface area contributed by atoms with Gasteiger partial charge in [-0.25, -0.2) is 0 Å². The number of hydrogen-bond acceptors (Lipinski definition) is 1. The zero-order valence-corrected chi connectivity index (χ0v) is 51.2. The third kappa shape index (κ3) is 10.4. The topological polar surface area (TPSA) is 3.24 Å². The molecule has 0 amide bonds. The molecule has 418 valence electrons. The van der Waals surface area contributed by atoms with E-state index in [0.29, 0.717) is 0 Å². The van der Waals surface area contributed by atoms with Gasteiger partial charge in [0.1, 0.15) is 0 Å². The summed E-state index contributed by atoms with van der Waals surface area (Å²) in [5, 5.41) is 18.0. The summed E-state index contributed by atoms with van der Waals surface area (Å²) in [7, 11) is 0. The van der Waals surface area contributed by atoms with Crippen LogP contribution in [0.5, 0.6) is 0 Å². The molecule has 0 aliphatic heterocycles. The molecule has 0 unspecified atom stereocenters. The van der Waals surface area contributed by atoms with Crippen molar-refractivity contribution in [3.8, 4) is 0 Å². The second-order valence-electron chi connectivity index (χ2n) is 23.8. The fraction of sp³-hybridized carbons (Fsp3) is 0.143. The Hall–Kier alpha value is -9.56. The minimum Gasteiger partial charge on any atom is -0.309 e. The van der Waals surface area contributed by atoms with E-state index in [2.05, 4.69) is 330 Å². The summed E-state index contributed by atoms with van der Waals surface area (Å²) in [6.45, 7) is 32.8. The normalized spacial score (nSPS) is 13.1. The van der Waals surface area contributed by atoms with Crippen molar-refractivity contribution in [2.75, 3.05) is 4.90 Å². The molecule has 0 atom stereocenters. The van der Waals surface area contributed by atoms with Crippen molar-refractivity contribution in [1.82, 2.24) is 0 Å². The van der Waals surface area contributed by atoms with Crippen molar-refractivity contribution in [2.45, 2.75) is 80.1 Å². The first-order chi connectivity index (χ1) is 41.2. The molecule has 0 radical (unpaired) electrons. The first kappa shape index (κ1) is 57.3. The van der Waals surface area contributed by atoms with E-state index in [1.165, 1.54) is 131 Å². The van der Waals surface area contributed by atoms with Gasteiger partial charge in [0.05, 0.1) is 5.69 Å². The van der Waals surface area contributed by atoms with Crippen LogP contribution in [0.25, 0.3) is 93.6 Å². The molecule has 0 saturated heterocycles. The number of allylic oxidation sites excluding steroid dienone is 2. The summed E-state index contributed by atoms with van der Waals surface area (Å²) in [6, 6.07) is 81.0. The zero-order valence-electron chi connectivity index (χ0n) is 51.2. The lowest BCUT2D eigenvalue weighted by atomic mass is 9.59. The van der Waals surface area contributed by atoms with Gasteiger partial charge in [-0.15, -0.1) is 13.2 Å². The van der Waals surface area contributed by atoms with Crippen LogP contribution in [-0.2, 0) is 10.8 Å². The monoisotopic (exact) mass is 1100 g/mol. The Balaban J connectivity index is 0.000000260. The van der Waals surface area contributed by atoms with Gasteiger partial charge in [-0.05, 0) is 205 Å². The Kier molecular flexibility index (Phi) is 15.9. The highest BCUT2D eigenvalue weighted by atomic mass is 15.1. The summed E-state index contributed by atoms with van der Waals surface area (Å²) >= 11 is 0. The molecule has 13 aromatic rings. The van der Waals surface area contributed by atoms with E-state index >= 15 is 0 Å². The highest BCUT2D eigenvalue weighted by Crippen LogP contribution is 2.55. The molecule has 0 fully saturated rings. The predicted molar refractivity (Wildman–Crippen MR) is 377 cm³/mol. The van der Waals surface area contributed by atoms with E-state index in [1.807, 2.05) is 13.0 Å². The molecule has 1 aliphatic rings. The molecule has 13 aromatic carbocycles. The van der Waals surface area contributed by atoms with Crippen LogP contribution in [-0.4, -0.2) is 0 Å². The number of anilines is 3. The van der Waals surface area contributed by atoms with Gasteiger partial charge >= 0.3 is 0 Å². The Morgan fingerprint density at radius 1 is 0.341 bits per heavy atom. The lowest BCUT2D eigenvalue weighted by Gasteiger charge is -2.45. The first-order valence-electron chi connectivity index (χ1n) is 29.9. The molecular formula is C84H77N. The number of nitrogens with zero attached hydrogens (tertiary/aromatic N) is 1. The zero-order chi connectivity index (χ0) is 59.7. The van der Waals surface area contributed by atoms with Gasteiger partial charge in [-0.3, -0.25) is 0 Å². The van der Waals surface area contributed by atoms with Crippen LogP contribution in [0.4, 0.5) is 17.1 Å². The molecule has 0 heterocycles. The van der Waals surface area contributed by atoms with Gasteiger partial charge in [0, 0.05) is 33.0 Å². The van der Waals surface area contributed by atoms with Crippen LogP contribution in [0.15, 0.2) is 250 Å². The maximum atomic E-state index is 4.17. The predicted octanol–water partition coefficient (Wildman–Crippen LogP) is 24.3. The average molecular weight is 1100 g/mol. The van der Waals surface area contributed by atoms with Crippen LogP contribution >= 0.6 is 0 Å². The fourth-order valence-corrected chi connectivity index (χ4v) is 13.3. The Labute approximate surface area is 504 Å². The molecule has 1 heteroatoms. The molecule has 0 aromatic heterocycles. The van der Waals surface area contributed by atoms with Gasteiger partial charge in [0.2, 0.25) is 0 Å². The van der Waals surface area contributed by atoms with Crippen molar-refractivity contribution >= 4 is 111 Å². The summed E-state index contributed by atoms with van der Waals surface area (Å²) in [4.78, 5) is 2.52. The van der Waals surface area contributed by atoms with Crippen molar-refractivity contribution in [3.05, 3.63) is 311 Å². The quantitative estimate of drug-likeness (QED) is 0.0911. The third-order valence-corrected chi connectivity index (χ3v) is 17.8. The van der Waals surface area contributed by atoms with Gasteiger partial charge in [0.15, 0.2) is 0 Å². The lowest BCUT2D eigenvalue weighted by Crippen LogP contribution is -2.36. The van der Waals surface area contributed by atoms with Crippen LogP contribution in [0.3, 0.4) is 0 Å². The molecule has 14 rings (SSSR count). The van der Waals surface area contributed by atoms with E-state index in [-0.39, 0.29) is 10.8 Å². The summed E-state index contributed by atoms with van der Waals surface area (Å²) in [5.74, 6) is 0. The van der Waals surface area contributed by atoms with E-state index in [0.717, 1.165) is 22.5 Å². The number of aryl methyl sites for hydroxylation is 4. The van der Waals surface area contributed by atoms with Crippen molar-refractivity contribution < 1.29 is 0 Å². The van der Waals surface area contributed by atoms with Crippen LogP contribution in [0, 0.1) is 27.7 Å². The second kappa shape index (κ2) is 23.6. The van der Waals surface area contributed by atoms with E-state index < -0.39 is 0 Å². The minimum absolute atomic E-state index is 0.256. The second-order valence-corrected chi connectivity index (χ2v) is 23.8. The van der Waals surface area contributed by atoms with Crippen LogP contribution < -0.4 is 4.90 Å². The van der Waals surface area contributed by atoms with E-state index in [4.69, 9.17) is 0 Å². The molecule has 0 bridgehead atoms.